The lowest BCUT2D eigenvalue weighted by molar-refractivity contribution is 0.0788. The number of benzene rings is 1. The molecule has 0 spiro atoms. The minimum atomic E-state index is 0.290. The molecule has 3 aromatic rings. The van der Waals surface area contributed by atoms with E-state index in [1.54, 1.807) is 7.11 Å². The first-order valence-corrected chi connectivity index (χ1v) is 12.9. The topological polar surface area (TPSA) is 118 Å². The van der Waals surface area contributed by atoms with Gasteiger partial charge in [0.05, 0.1) is 17.7 Å². The minimum Gasteiger partial charge on any atom is -0.378 e. The molecule has 36 heavy (non-hydrogen) atoms. The third kappa shape index (κ3) is 4.45. The van der Waals surface area contributed by atoms with Gasteiger partial charge in [-0.25, -0.2) is 4.98 Å². The molecule has 10 heteroatoms. The first kappa shape index (κ1) is 23.0. The summed E-state index contributed by atoms with van der Waals surface area (Å²) in [7, 11) is 1.77. The van der Waals surface area contributed by atoms with Crippen molar-refractivity contribution < 1.29 is 4.74 Å². The Kier molecular flexibility index (Phi) is 6.11. The Balaban J connectivity index is 1.27. The Morgan fingerprint density at radius 1 is 1.17 bits per heavy atom. The molecule has 0 amide bonds. The van der Waals surface area contributed by atoms with Gasteiger partial charge < -0.3 is 20.3 Å². The fourth-order valence-electron chi connectivity index (χ4n) is 5.99. The first-order valence-electron chi connectivity index (χ1n) is 12.9. The maximum absolute atomic E-state index is 9.03. The minimum absolute atomic E-state index is 0.290. The van der Waals surface area contributed by atoms with Crippen LogP contribution in [-0.2, 0) is 4.74 Å². The van der Waals surface area contributed by atoms with E-state index in [-0.39, 0.29) is 6.10 Å². The van der Waals surface area contributed by atoms with Crippen molar-refractivity contribution in [2.24, 2.45) is 0 Å². The van der Waals surface area contributed by atoms with Crippen LogP contribution >= 0.6 is 0 Å². The smallest absolute Gasteiger partial charge is 0.225 e. The van der Waals surface area contributed by atoms with Crippen molar-refractivity contribution in [3.63, 3.8) is 0 Å². The third-order valence-electron chi connectivity index (χ3n) is 7.88. The van der Waals surface area contributed by atoms with Gasteiger partial charge in [-0.05, 0) is 50.8 Å². The molecule has 1 aromatic carbocycles. The van der Waals surface area contributed by atoms with Gasteiger partial charge in [0, 0.05) is 74.1 Å². The normalized spacial score (nSPS) is 24.0. The van der Waals surface area contributed by atoms with E-state index < -0.39 is 0 Å². The lowest BCUT2D eigenvalue weighted by Gasteiger charge is -2.40. The van der Waals surface area contributed by atoms with Crippen molar-refractivity contribution in [3.8, 4) is 6.07 Å². The lowest BCUT2D eigenvalue weighted by atomic mass is 9.97. The van der Waals surface area contributed by atoms with Crippen molar-refractivity contribution in [2.45, 2.75) is 63.3 Å². The molecule has 3 aliphatic rings. The second-order valence-electron chi connectivity index (χ2n) is 10.3. The number of aromatic amines is 1. The van der Waals surface area contributed by atoms with Gasteiger partial charge >= 0.3 is 0 Å². The predicted octanol–water partition coefficient (Wildman–Crippen LogP) is 3.56. The number of hydrogen-bond acceptors (Lipinski definition) is 9. The molecule has 2 bridgehead atoms. The van der Waals surface area contributed by atoms with Gasteiger partial charge in [0.25, 0.3) is 0 Å². The molecule has 6 rings (SSSR count). The van der Waals surface area contributed by atoms with Crippen LogP contribution in [0.25, 0.3) is 10.9 Å². The van der Waals surface area contributed by atoms with E-state index >= 15 is 0 Å². The van der Waals surface area contributed by atoms with Crippen LogP contribution in [0.2, 0.25) is 0 Å². The summed E-state index contributed by atoms with van der Waals surface area (Å²) in [5, 5.41) is 24.4. The lowest BCUT2D eigenvalue weighted by Crippen LogP contribution is -2.51. The van der Waals surface area contributed by atoms with Gasteiger partial charge in [-0.2, -0.15) is 15.3 Å². The number of H-pyrrole nitrogens is 1. The number of hydrogen-bond donors (Lipinski definition) is 3. The van der Waals surface area contributed by atoms with E-state index in [4.69, 9.17) is 20.0 Å². The number of nitriles is 1. The standard InChI is InChI=1S/C26H33N9O/c1-16-10-24(33-32-16)30-25-22-7-6-18(34-14-21(15-34)36-2)13-23(22)29-26(31-25)28-17-11-19-4-5-20(12-17)35(19)9-3-8-27/h6-7,10,13,17,19-21H,3-5,9,11-12,14-15H2,1-2H3,(H3,28,29,30,31,32,33)/t17?,19-,20+. The molecule has 2 aromatic heterocycles. The maximum Gasteiger partial charge on any atom is 0.225 e. The van der Waals surface area contributed by atoms with Crippen LogP contribution in [0.1, 0.15) is 37.8 Å². The summed E-state index contributed by atoms with van der Waals surface area (Å²) >= 11 is 0. The highest BCUT2D eigenvalue weighted by molar-refractivity contribution is 5.93. The van der Waals surface area contributed by atoms with E-state index in [0.717, 1.165) is 66.4 Å². The first-order chi connectivity index (χ1) is 17.6. The summed E-state index contributed by atoms with van der Waals surface area (Å²) < 4.78 is 5.45. The maximum atomic E-state index is 9.03. The molecule has 0 aliphatic carbocycles. The molecule has 1 unspecified atom stereocenters. The molecule has 188 valence electrons. The van der Waals surface area contributed by atoms with Crippen LogP contribution in [0.5, 0.6) is 0 Å². The summed E-state index contributed by atoms with van der Waals surface area (Å²) in [5.41, 5.74) is 3.03. The summed E-state index contributed by atoms with van der Waals surface area (Å²) in [6, 6.07) is 12.0. The highest BCUT2D eigenvalue weighted by Gasteiger charge is 2.40. The SMILES string of the molecule is COC1CN(c2ccc3c(Nc4cc(C)[nH]n4)nc(NC4C[C@H]5CC[C@@H](C4)N5CCC#N)nc3c2)C1. The van der Waals surface area contributed by atoms with Crippen LogP contribution < -0.4 is 15.5 Å². The molecule has 3 aliphatic heterocycles. The van der Waals surface area contributed by atoms with E-state index in [1.807, 2.05) is 13.0 Å². The second-order valence-corrected chi connectivity index (χ2v) is 10.3. The number of methoxy groups -OCH3 is 1. The van der Waals surface area contributed by atoms with E-state index in [0.29, 0.717) is 30.5 Å². The van der Waals surface area contributed by atoms with Crippen LogP contribution in [0.3, 0.4) is 0 Å². The number of anilines is 4. The largest absolute Gasteiger partial charge is 0.378 e. The number of nitrogens with zero attached hydrogens (tertiary/aromatic N) is 6. The zero-order chi connectivity index (χ0) is 24.6. The summed E-state index contributed by atoms with van der Waals surface area (Å²) in [5.74, 6) is 2.12. The number of fused-ring (bicyclic) bond motifs is 3. The fourth-order valence-corrected chi connectivity index (χ4v) is 5.99. The summed E-state index contributed by atoms with van der Waals surface area (Å²) in [6.45, 7) is 4.64. The van der Waals surface area contributed by atoms with Crippen LogP contribution in [0.15, 0.2) is 24.3 Å². The van der Waals surface area contributed by atoms with E-state index in [2.05, 4.69) is 54.9 Å². The molecular weight excluding hydrogens is 454 g/mol. The Labute approximate surface area is 211 Å². The van der Waals surface area contributed by atoms with Gasteiger partial charge in [0.1, 0.15) is 5.82 Å². The average Bonchev–Trinajstić information content (AvgIpc) is 3.35. The number of piperidine rings is 1. The summed E-state index contributed by atoms with van der Waals surface area (Å²) in [6.07, 6.45) is 5.41. The zero-order valence-corrected chi connectivity index (χ0v) is 20.9. The molecule has 3 saturated heterocycles. The Bertz CT molecular complexity index is 1260. The third-order valence-corrected chi connectivity index (χ3v) is 7.88. The van der Waals surface area contributed by atoms with Crippen molar-refractivity contribution in [2.75, 3.05) is 42.3 Å². The van der Waals surface area contributed by atoms with Crippen molar-refractivity contribution in [3.05, 3.63) is 30.0 Å². The Morgan fingerprint density at radius 3 is 2.67 bits per heavy atom. The van der Waals surface area contributed by atoms with Gasteiger partial charge in [0.2, 0.25) is 5.95 Å². The fraction of sp³-hybridized carbons (Fsp3) is 0.538. The monoisotopic (exact) mass is 487 g/mol. The predicted molar refractivity (Wildman–Crippen MR) is 140 cm³/mol. The van der Waals surface area contributed by atoms with Crippen LogP contribution in [0.4, 0.5) is 23.3 Å². The Hall–Kier alpha value is -3.42. The van der Waals surface area contributed by atoms with Crippen molar-refractivity contribution >= 4 is 34.2 Å². The molecule has 3 atom stereocenters. The number of nitrogens with one attached hydrogen (secondary N) is 3. The van der Waals surface area contributed by atoms with E-state index in [9.17, 15) is 0 Å². The number of aryl methyl sites for hydroxylation is 1. The molecule has 10 nitrogen and oxygen atoms in total. The molecule has 5 heterocycles. The number of ether oxygens (including phenoxy) is 1. The molecule has 0 radical (unpaired) electrons. The number of aromatic nitrogens is 4. The Morgan fingerprint density at radius 2 is 1.97 bits per heavy atom. The number of rotatable bonds is 8. The second kappa shape index (κ2) is 9.56. The van der Waals surface area contributed by atoms with Gasteiger partial charge in [-0.1, -0.05) is 0 Å². The molecule has 3 fully saturated rings. The highest BCUT2D eigenvalue weighted by Crippen LogP contribution is 2.37. The zero-order valence-electron chi connectivity index (χ0n) is 20.9. The van der Waals surface area contributed by atoms with Crippen molar-refractivity contribution in [1.82, 2.24) is 25.1 Å². The average molecular weight is 488 g/mol. The molecule has 3 N–H and O–H groups in total. The molecule has 0 saturated carbocycles. The van der Waals surface area contributed by atoms with Gasteiger partial charge in [0.15, 0.2) is 5.82 Å². The molecular formula is C26H33N9O. The van der Waals surface area contributed by atoms with Gasteiger partial charge in [-0.3, -0.25) is 10.00 Å². The quantitative estimate of drug-likeness (QED) is 0.438. The van der Waals surface area contributed by atoms with Crippen LogP contribution in [0, 0.1) is 18.3 Å². The highest BCUT2D eigenvalue weighted by atomic mass is 16.5. The summed E-state index contributed by atoms with van der Waals surface area (Å²) in [4.78, 5) is 14.7. The van der Waals surface area contributed by atoms with Crippen LogP contribution in [-0.4, -0.2) is 76.0 Å². The van der Waals surface area contributed by atoms with Gasteiger partial charge in [-0.15, -0.1) is 0 Å². The van der Waals surface area contributed by atoms with Crippen molar-refractivity contribution in [1.29, 1.82) is 5.26 Å². The van der Waals surface area contributed by atoms with E-state index in [1.165, 1.54) is 12.8 Å².